The van der Waals surface area contributed by atoms with Crippen molar-refractivity contribution in [3.05, 3.63) is 85.0 Å². The molecule has 112 valence electrons. The Bertz CT molecular complexity index is 1010. The molecule has 0 unspecified atom stereocenters. The second-order valence-electron chi connectivity index (χ2n) is 4.93. The van der Waals surface area contributed by atoms with E-state index in [4.69, 9.17) is 0 Å². The highest BCUT2D eigenvalue weighted by molar-refractivity contribution is 5.30. The first-order valence-electron chi connectivity index (χ1n) is 6.70. The quantitative estimate of drug-likeness (QED) is 0.744. The van der Waals surface area contributed by atoms with Crippen LogP contribution in [0.1, 0.15) is 11.3 Å². The SMILES string of the molecule is Cc1ccc(=O)n(-n2[nH]c(=O)n(-c3ccccc3)c2=O)c1C. The third kappa shape index (κ3) is 2.03. The van der Waals surface area contributed by atoms with E-state index in [2.05, 4.69) is 5.10 Å². The number of aromatic nitrogens is 4. The molecular weight excluding hydrogens is 284 g/mol. The van der Waals surface area contributed by atoms with Crippen LogP contribution in [0.5, 0.6) is 0 Å². The Labute approximate surface area is 124 Å². The Morgan fingerprint density at radius 3 is 2.27 bits per heavy atom. The van der Waals surface area contributed by atoms with Crippen molar-refractivity contribution in [2.45, 2.75) is 13.8 Å². The fourth-order valence-corrected chi connectivity index (χ4v) is 2.28. The van der Waals surface area contributed by atoms with E-state index in [1.54, 1.807) is 43.3 Å². The molecule has 0 aliphatic heterocycles. The van der Waals surface area contributed by atoms with E-state index in [1.807, 2.05) is 6.92 Å². The van der Waals surface area contributed by atoms with Crippen LogP contribution in [0.3, 0.4) is 0 Å². The molecule has 3 rings (SSSR count). The lowest BCUT2D eigenvalue weighted by molar-refractivity contribution is 0.511. The molecule has 0 radical (unpaired) electrons. The van der Waals surface area contributed by atoms with Crippen molar-refractivity contribution in [3.63, 3.8) is 0 Å². The molecular formula is C15H14N4O3. The van der Waals surface area contributed by atoms with Gasteiger partial charge in [-0.2, -0.15) is 4.68 Å². The summed E-state index contributed by atoms with van der Waals surface area (Å²) in [6, 6.07) is 11.6. The second kappa shape index (κ2) is 5.03. The summed E-state index contributed by atoms with van der Waals surface area (Å²) in [6.45, 7) is 3.53. The minimum Gasteiger partial charge on any atom is -0.267 e. The van der Waals surface area contributed by atoms with Gasteiger partial charge in [0.25, 0.3) is 5.56 Å². The van der Waals surface area contributed by atoms with Gasteiger partial charge in [0.15, 0.2) is 0 Å². The molecule has 7 heteroatoms. The van der Waals surface area contributed by atoms with Gasteiger partial charge in [0.2, 0.25) is 0 Å². The number of aromatic amines is 1. The molecule has 3 aromatic rings. The molecule has 0 bridgehead atoms. The number of para-hydroxylation sites is 1. The highest BCUT2D eigenvalue weighted by Gasteiger charge is 2.14. The molecule has 0 amide bonds. The van der Waals surface area contributed by atoms with Gasteiger partial charge in [-0.3, -0.25) is 4.79 Å². The first-order chi connectivity index (χ1) is 10.5. The molecule has 7 nitrogen and oxygen atoms in total. The Morgan fingerprint density at radius 2 is 1.59 bits per heavy atom. The number of hydrogen-bond acceptors (Lipinski definition) is 3. The van der Waals surface area contributed by atoms with E-state index in [0.717, 1.165) is 19.6 Å². The largest absolute Gasteiger partial charge is 0.371 e. The van der Waals surface area contributed by atoms with Crippen molar-refractivity contribution in [3.8, 4) is 5.69 Å². The molecule has 0 aliphatic carbocycles. The van der Waals surface area contributed by atoms with Crippen LogP contribution < -0.4 is 16.9 Å². The highest BCUT2D eigenvalue weighted by Crippen LogP contribution is 2.03. The summed E-state index contributed by atoms with van der Waals surface area (Å²) in [6.07, 6.45) is 0. The van der Waals surface area contributed by atoms with Crippen molar-refractivity contribution in [1.82, 2.24) is 19.1 Å². The number of pyridine rings is 1. The number of hydrogen-bond donors (Lipinski definition) is 1. The third-order valence-electron chi connectivity index (χ3n) is 3.56. The van der Waals surface area contributed by atoms with Gasteiger partial charge in [0.1, 0.15) is 0 Å². The monoisotopic (exact) mass is 298 g/mol. The summed E-state index contributed by atoms with van der Waals surface area (Å²) in [5, 5.41) is 2.41. The zero-order valence-corrected chi connectivity index (χ0v) is 12.1. The van der Waals surface area contributed by atoms with Gasteiger partial charge in [0.05, 0.1) is 5.69 Å². The predicted octanol–water partition coefficient (Wildman–Crippen LogP) is 0.417. The number of benzene rings is 1. The van der Waals surface area contributed by atoms with Crippen LogP contribution in [-0.4, -0.2) is 19.1 Å². The maximum absolute atomic E-state index is 12.5. The van der Waals surface area contributed by atoms with Crippen LogP contribution >= 0.6 is 0 Å². The summed E-state index contributed by atoms with van der Waals surface area (Å²) >= 11 is 0. The summed E-state index contributed by atoms with van der Waals surface area (Å²) in [5.74, 6) is 0. The van der Waals surface area contributed by atoms with E-state index in [9.17, 15) is 14.4 Å². The molecule has 1 aromatic carbocycles. The highest BCUT2D eigenvalue weighted by atomic mass is 16.2. The van der Waals surface area contributed by atoms with Gasteiger partial charge in [-0.05, 0) is 31.5 Å². The zero-order valence-electron chi connectivity index (χ0n) is 12.1. The van der Waals surface area contributed by atoms with Crippen LogP contribution in [-0.2, 0) is 0 Å². The summed E-state index contributed by atoms with van der Waals surface area (Å²) in [7, 11) is 0. The van der Waals surface area contributed by atoms with Gasteiger partial charge in [-0.15, -0.1) is 4.79 Å². The van der Waals surface area contributed by atoms with Gasteiger partial charge in [-0.25, -0.2) is 19.3 Å². The fourth-order valence-electron chi connectivity index (χ4n) is 2.28. The van der Waals surface area contributed by atoms with E-state index in [-0.39, 0.29) is 0 Å². The lowest BCUT2D eigenvalue weighted by Crippen LogP contribution is -2.37. The predicted molar refractivity (Wildman–Crippen MR) is 81.6 cm³/mol. The summed E-state index contributed by atoms with van der Waals surface area (Å²) < 4.78 is 2.13. The van der Waals surface area contributed by atoms with E-state index >= 15 is 0 Å². The molecule has 2 aromatic heterocycles. The zero-order chi connectivity index (χ0) is 15.9. The molecule has 2 heterocycles. The van der Waals surface area contributed by atoms with Crippen molar-refractivity contribution in [2.24, 2.45) is 0 Å². The number of rotatable bonds is 2. The number of H-pyrrole nitrogens is 1. The number of nitrogens with one attached hydrogen (secondary N) is 1. The second-order valence-corrected chi connectivity index (χ2v) is 4.93. The van der Waals surface area contributed by atoms with Crippen LogP contribution in [0.4, 0.5) is 0 Å². The maximum atomic E-state index is 12.5. The van der Waals surface area contributed by atoms with Crippen molar-refractivity contribution >= 4 is 0 Å². The Balaban J connectivity index is 2.34. The summed E-state index contributed by atoms with van der Waals surface area (Å²) in [4.78, 5) is 37.7. The van der Waals surface area contributed by atoms with Crippen LogP contribution in [0.25, 0.3) is 5.69 Å². The van der Waals surface area contributed by atoms with E-state index in [1.165, 1.54) is 6.07 Å². The number of aryl methyl sites for hydroxylation is 1. The van der Waals surface area contributed by atoms with Gasteiger partial charge in [0, 0.05) is 11.8 Å². The van der Waals surface area contributed by atoms with Crippen LogP contribution in [0.2, 0.25) is 0 Å². The lowest BCUT2D eigenvalue weighted by Gasteiger charge is -2.10. The van der Waals surface area contributed by atoms with Crippen LogP contribution in [0, 0.1) is 13.8 Å². The van der Waals surface area contributed by atoms with Gasteiger partial charge < -0.3 is 0 Å². The minimum absolute atomic E-state index is 0.397. The maximum Gasteiger partial charge on any atom is 0.371 e. The van der Waals surface area contributed by atoms with Crippen molar-refractivity contribution in [1.29, 1.82) is 0 Å². The molecule has 0 saturated heterocycles. The third-order valence-corrected chi connectivity index (χ3v) is 3.56. The van der Waals surface area contributed by atoms with Crippen molar-refractivity contribution < 1.29 is 0 Å². The average Bonchev–Trinajstić information content (AvgIpc) is 2.79. The fraction of sp³-hybridized carbons (Fsp3) is 0.133. The Hall–Kier alpha value is -3.09. The number of nitrogens with zero attached hydrogens (tertiary/aromatic N) is 3. The van der Waals surface area contributed by atoms with E-state index < -0.39 is 16.9 Å². The topological polar surface area (TPSA) is 81.8 Å². The smallest absolute Gasteiger partial charge is 0.267 e. The Morgan fingerprint density at radius 1 is 0.909 bits per heavy atom. The molecule has 0 spiro atoms. The lowest BCUT2D eigenvalue weighted by atomic mass is 10.2. The Kier molecular flexibility index (Phi) is 3.17. The average molecular weight is 298 g/mol. The van der Waals surface area contributed by atoms with Crippen molar-refractivity contribution in [2.75, 3.05) is 0 Å². The van der Waals surface area contributed by atoms with E-state index in [0.29, 0.717) is 11.4 Å². The minimum atomic E-state index is -0.632. The molecule has 22 heavy (non-hydrogen) atoms. The van der Waals surface area contributed by atoms with Gasteiger partial charge in [-0.1, -0.05) is 24.3 Å². The molecule has 0 aliphatic rings. The summed E-state index contributed by atoms with van der Waals surface area (Å²) in [5.41, 5.74) is 0.212. The first kappa shape index (κ1) is 13.9. The van der Waals surface area contributed by atoms with Gasteiger partial charge >= 0.3 is 11.4 Å². The molecule has 0 saturated carbocycles. The normalized spacial score (nSPS) is 10.8. The standard InChI is InChI=1S/C15H14N4O3/c1-10-8-9-13(20)18(11(10)2)19-15(22)17(14(21)16-19)12-6-4-3-5-7-12/h3-9H,1-2H3,(H,16,21). The molecule has 0 fully saturated rings. The molecule has 0 atom stereocenters. The van der Waals surface area contributed by atoms with Crippen LogP contribution in [0.15, 0.2) is 56.8 Å². The molecule has 1 N–H and O–H groups in total. The first-order valence-corrected chi connectivity index (χ1v) is 6.70.